The van der Waals surface area contributed by atoms with Crippen LogP contribution in [-0.4, -0.2) is 38.6 Å². The van der Waals surface area contributed by atoms with Gasteiger partial charge in [0.1, 0.15) is 0 Å². The minimum Gasteiger partial charge on any atom is -0.381 e. The number of nitrogens with zero attached hydrogens (tertiary/aromatic N) is 3. The monoisotopic (exact) mass is 340 g/mol. The highest BCUT2D eigenvalue weighted by Crippen LogP contribution is 1.95. The molecule has 1 aromatic rings. The van der Waals surface area contributed by atoms with Crippen molar-refractivity contribution in [2.75, 3.05) is 6.54 Å². The third-order valence-corrected chi connectivity index (χ3v) is 2.81. The molecule has 8 nitrogen and oxygen atoms in total. The van der Waals surface area contributed by atoms with E-state index in [1.54, 1.807) is 20.0 Å². The number of thiocarbonyl (C=S) groups is 2. The number of hydrogen-bond acceptors (Lipinski definition) is 6. The Morgan fingerprint density at radius 1 is 1.50 bits per heavy atom. The fourth-order valence-electron chi connectivity index (χ4n) is 1.31. The van der Waals surface area contributed by atoms with Crippen LogP contribution in [0, 0.1) is 0 Å². The van der Waals surface area contributed by atoms with Gasteiger partial charge in [-0.3, -0.25) is 15.8 Å². The Bertz CT molecular complexity index is 578. The third kappa shape index (κ3) is 5.97. The summed E-state index contributed by atoms with van der Waals surface area (Å²) >= 11 is 9.96. The van der Waals surface area contributed by atoms with Crippen molar-refractivity contribution in [1.82, 2.24) is 20.8 Å². The molecule has 1 rings (SSSR count). The Kier molecular flexibility index (Phi) is 7.13. The smallest absolute Gasteiger partial charge is 0.381 e. The lowest BCUT2D eigenvalue weighted by molar-refractivity contribution is 0.195. The average Bonchev–Trinajstić information content (AvgIpc) is 2.50. The van der Waals surface area contributed by atoms with E-state index in [0.717, 1.165) is 5.69 Å². The standard InChI is InChI=1S/C12H16N6O2S2/c1-3-18(12(22)20-10(13)19)17-11(21)16-15-8(2)9-6-4-5-7-14-9/h4-7H,3H2,1-2H3,(H2,13,19)(H2,16,17,21). The molecule has 1 amide bonds. The van der Waals surface area contributed by atoms with E-state index in [-0.39, 0.29) is 10.3 Å². The molecule has 0 atom stereocenters. The number of ether oxygens (including phenoxy) is 1. The number of hydrazone groups is 1. The number of pyridine rings is 1. The largest absolute Gasteiger partial charge is 0.411 e. The number of amides is 1. The SMILES string of the molecule is CCN(NC(=S)NN=C(C)c1ccccn1)C(=S)OC(N)=O. The molecule has 1 aromatic heterocycles. The first-order valence-corrected chi connectivity index (χ1v) is 7.06. The molecular weight excluding hydrogens is 324 g/mol. The van der Waals surface area contributed by atoms with Crippen molar-refractivity contribution in [1.29, 1.82) is 0 Å². The molecule has 0 aliphatic rings. The van der Waals surface area contributed by atoms with Crippen molar-refractivity contribution < 1.29 is 9.53 Å². The maximum Gasteiger partial charge on any atom is 0.411 e. The molecule has 10 heteroatoms. The van der Waals surface area contributed by atoms with Gasteiger partial charge in [0.2, 0.25) is 5.11 Å². The van der Waals surface area contributed by atoms with Crippen molar-refractivity contribution in [3.63, 3.8) is 0 Å². The Morgan fingerprint density at radius 2 is 2.23 bits per heavy atom. The van der Waals surface area contributed by atoms with E-state index >= 15 is 0 Å². The van der Waals surface area contributed by atoms with E-state index in [4.69, 9.17) is 30.2 Å². The van der Waals surface area contributed by atoms with Crippen LogP contribution >= 0.6 is 24.4 Å². The highest BCUT2D eigenvalue weighted by Gasteiger charge is 2.12. The zero-order valence-corrected chi connectivity index (χ0v) is 13.7. The first-order chi connectivity index (χ1) is 10.4. The average molecular weight is 340 g/mol. The van der Waals surface area contributed by atoms with Crippen LogP contribution < -0.4 is 16.6 Å². The van der Waals surface area contributed by atoms with Crippen LogP contribution in [0.5, 0.6) is 0 Å². The Morgan fingerprint density at radius 3 is 2.77 bits per heavy atom. The van der Waals surface area contributed by atoms with Gasteiger partial charge in [-0.05, 0) is 50.4 Å². The van der Waals surface area contributed by atoms with Crippen LogP contribution in [0.3, 0.4) is 0 Å². The second-order valence-electron chi connectivity index (χ2n) is 3.90. The number of carbonyl (C=O) groups excluding carboxylic acids is 1. The van der Waals surface area contributed by atoms with Crippen LogP contribution in [0.4, 0.5) is 4.79 Å². The van der Waals surface area contributed by atoms with Gasteiger partial charge in [0.15, 0.2) is 0 Å². The second-order valence-corrected chi connectivity index (χ2v) is 4.65. The maximum atomic E-state index is 10.7. The van der Waals surface area contributed by atoms with Gasteiger partial charge in [-0.15, -0.1) is 0 Å². The molecule has 118 valence electrons. The minimum atomic E-state index is -0.992. The van der Waals surface area contributed by atoms with Gasteiger partial charge in [0.25, 0.3) is 5.17 Å². The zero-order valence-electron chi connectivity index (χ0n) is 12.1. The molecule has 0 unspecified atom stereocenters. The van der Waals surface area contributed by atoms with Crippen molar-refractivity contribution in [3.8, 4) is 0 Å². The number of nitrogens with one attached hydrogen (secondary N) is 2. The summed E-state index contributed by atoms with van der Waals surface area (Å²) in [6, 6.07) is 5.50. The molecule has 0 aromatic carbocycles. The van der Waals surface area contributed by atoms with Gasteiger partial charge >= 0.3 is 6.09 Å². The topological polar surface area (TPSA) is 105 Å². The number of nitrogens with two attached hydrogens (primary N) is 1. The molecule has 0 bridgehead atoms. The van der Waals surface area contributed by atoms with Crippen LogP contribution in [0.25, 0.3) is 0 Å². The van der Waals surface area contributed by atoms with Crippen LogP contribution in [-0.2, 0) is 4.74 Å². The first-order valence-electron chi connectivity index (χ1n) is 6.25. The van der Waals surface area contributed by atoms with Crippen molar-refractivity contribution in [2.24, 2.45) is 10.8 Å². The Hall–Kier alpha value is -2.33. The summed E-state index contributed by atoms with van der Waals surface area (Å²) in [6.07, 6.45) is 0.678. The van der Waals surface area contributed by atoms with Gasteiger partial charge in [-0.1, -0.05) is 6.07 Å². The number of carbonyl (C=O) groups is 1. The number of rotatable bonds is 3. The van der Waals surface area contributed by atoms with Gasteiger partial charge < -0.3 is 10.5 Å². The molecule has 0 aliphatic heterocycles. The summed E-state index contributed by atoms with van der Waals surface area (Å²) in [7, 11) is 0. The van der Waals surface area contributed by atoms with Gasteiger partial charge in [0.05, 0.1) is 11.4 Å². The van der Waals surface area contributed by atoms with E-state index in [2.05, 4.69) is 25.7 Å². The second kappa shape index (κ2) is 8.85. The van der Waals surface area contributed by atoms with Gasteiger partial charge in [-0.25, -0.2) is 9.80 Å². The predicted molar refractivity (Wildman–Crippen MR) is 91.0 cm³/mol. The fourth-order valence-corrected chi connectivity index (χ4v) is 1.72. The molecule has 0 aliphatic carbocycles. The van der Waals surface area contributed by atoms with E-state index < -0.39 is 6.09 Å². The maximum absolute atomic E-state index is 10.7. The molecule has 0 radical (unpaired) electrons. The zero-order chi connectivity index (χ0) is 16.5. The summed E-state index contributed by atoms with van der Waals surface area (Å²) in [6.45, 7) is 3.97. The Labute approximate surface area is 138 Å². The van der Waals surface area contributed by atoms with E-state index in [1.165, 1.54) is 5.01 Å². The highest BCUT2D eigenvalue weighted by molar-refractivity contribution is 7.80. The molecule has 0 saturated carbocycles. The quantitative estimate of drug-likeness (QED) is 0.423. The predicted octanol–water partition coefficient (Wildman–Crippen LogP) is 0.887. The van der Waals surface area contributed by atoms with Crippen LogP contribution in [0.2, 0.25) is 0 Å². The van der Waals surface area contributed by atoms with Crippen molar-refractivity contribution in [3.05, 3.63) is 30.1 Å². The number of aromatic nitrogens is 1. The third-order valence-electron chi connectivity index (χ3n) is 2.32. The summed E-state index contributed by atoms with van der Waals surface area (Å²) in [5.74, 6) is 0. The number of hydrazine groups is 1. The lowest BCUT2D eigenvalue weighted by atomic mass is 10.3. The molecule has 0 fully saturated rings. The first kappa shape index (κ1) is 17.7. The molecular formula is C12H16N6O2S2. The molecule has 1 heterocycles. The molecule has 4 N–H and O–H groups in total. The molecule has 0 saturated heterocycles. The Balaban J connectivity index is 2.58. The summed E-state index contributed by atoms with van der Waals surface area (Å²) in [4.78, 5) is 14.8. The number of hydrogen-bond donors (Lipinski definition) is 3. The molecule has 22 heavy (non-hydrogen) atoms. The van der Waals surface area contributed by atoms with Crippen LogP contribution in [0.15, 0.2) is 29.5 Å². The highest BCUT2D eigenvalue weighted by atomic mass is 32.1. The number of primary amides is 1. The summed E-state index contributed by atoms with van der Waals surface area (Å²) in [5, 5.41) is 5.47. The normalized spacial score (nSPS) is 10.5. The van der Waals surface area contributed by atoms with E-state index in [0.29, 0.717) is 12.3 Å². The van der Waals surface area contributed by atoms with Crippen molar-refractivity contribution >= 4 is 46.5 Å². The fraction of sp³-hybridized carbons (Fsp3) is 0.250. The van der Waals surface area contributed by atoms with E-state index in [1.807, 2.05) is 18.2 Å². The minimum absolute atomic E-state index is 0.135. The van der Waals surface area contributed by atoms with Crippen LogP contribution in [0.1, 0.15) is 19.5 Å². The molecule has 0 spiro atoms. The summed E-state index contributed by atoms with van der Waals surface area (Å²) < 4.78 is 4.60. The van der Waals surface area contributed by atoms with Crippen molar-refractivity contribution in [2.45, 2.75) is 13.8 Å². The van der Waals surface area contributed by atoms with Gasteiger partial charge in [-0.2, -0.15) is 5.10 Å². The summed E-state index contributed by atoms with van der Waals surface area (Å²) in [5.41, 5.74) is 11.7. The van der Waals surface area contributed by atoms with E-state index in [9.17, 15) is 4.79 Å². The lowest BCUT2D eigenvalue weighted by Crippen LogP contribution is -2.49. The lowest BCUT2D eigenvalue weighted by Gasteiger charge is -2.23. The van der Waals surface area contributed by atoms with Gasteiger partial charge in [0, 0.05) is 12.7 Å².